The fourth-order valence-corrected chi connectivity index (χ4v) is 7.50. The number of halogens is 1. The van der Waals surface area contributed by atoms with E-state index in [-0.39, 0.29) is 30.6 Å². The molecule has 4 aromatic rings. The maximum Gasteiger partial charge on any atom is 0.240 e. The number of nitrogens with zero attached hydrogens (tertiary/aromatic N) is 4. The Hall–Kier alpha value is -4.71. The number of rotatable bonds is 13. The van der Waals surface area contributed by atoms with E-state index >= 15 is 0 Å². The number of benzene rings is 4. The second-order valence-electron chi connectivity index (χ2n) is 19.5. The number of nitrogens with one attached hydrogen (secondary N) is 4. The maximum atomic E-state index is 11.7. The molecular formula is C48H77BrN8O13S4. The maximum absolute atomic E-state index is 11.7. The Kier molecular flexibility index (Phi) is 29.1. The Labute approximate surface area is 448 Å². The van der Waals surface area contributed by atoms with Gasteiger partial charge in [0.25, 0.3) is 0 Å². The van der Waals surface area contributed by atoms with Gasteiger partial charge >= 0.3 is 0 Å². The largest absolute Gasteiger partial charge is 0.623 e. The second-order valence-corrected chi connectivity index (χ2v) is 29.4. The van der Waals surface area contributed by atoms with E-state index in [1.54, 1.807) is 90.1 Å². The molecule has 0 saturated carbocycles. The van der Waals surface area contributed by atoms with E-state index in [1.165, 1.54) is 100 Å². The van der Waals surface area contributed by atoms with Crippen molar-refractivity contribution in [2.75, 3.05) is 28.2 Å². The van der Waals surface area contributed by atoms with E-state index in [1.807, 2.05) is 20.8 Å². The van der Waals surface area contributed by atoms with Crippen molar-refractivity contribution >= 4 is 74.7 Å². The standard InChI is InChI=1S/C12H20N2O3S.2C12H18N2O3S.C8H10N2O3S.C4H9Br.H2O/c3*1-12(2,3)14(15)9-10-5-7-11(8-6-10)18(16,17)13-4;1-9-14(12,13)8-4-2-7(3-5-8)6-10-11;1-4(2,3)5;/h5-8,13,15H,9H2,1-4H3;2*5-9,13H,1-4H3;2-6,9,11H,1H3;1-3H3;1H2/b;2*14-9-;10-6-;;. The van der Waals surface area contributed by atoms with Gasteiger partial charge in [-0.25, -0.2) is 62.0 Å². The van der Waals surface area contributed by atoms with Crippen LogP contribution in [0.1, 0.15) is 105 Å². The van der Waals surface area contributed by atoms with Crippen LogP contribution in [0.25, 0.3) is 0 Å². The van der Waals surface area contributed by atoms with E-state index < -0.39 is 51.2 Å². The SMILES string of the molecule is CC(C)(C)Br.CNS(=O)(=O)c1ccc(/C=N\O)cc1.CNS(=O)(=O)c1ccc(/C=[N+](\[O-])C(C)(C)C)cc1.CNS(=O)(=O)c1ccc(/C=[N+](\[O-])C(C)(C)C)cc1.CNS(=O)(=O)c1ccc(CN(O)C(C)(C)C)cc1.O. The molecule has 0 aliphatic carbocycles. The highest BCUT2D eigenvalue weighted by atomic mass is 79.9. The summed E-state index contributed by atoms with van der Waals surface area (Å²) >= 11 is 3.38. The number of hydrogen-bond donors (Lipinski definition) is 6. The lowest BCUT2D eigenvalue weighted by Crippen LogP contribution is -2.37. The molecule has 418 valence electrons. The van der Waals surface area contributed by atoms with Crippen molar-refractivity contribution in [2.45, 2.75) is 130 Å². The lowest BCUT2D eigenvalue weighted by Gasteiger charge is -2.29. The van der Waals surface area contributed by atoms with Gasteiger partial charge in [0, 0.05) is 69.1 Å². The Bertz CT molecular complexity index is 2770. The molecule has 0 unspecified atom stereocenters. The van der Waals surface area contributed by atoms with Crippen LogP contribution < -0.4 is 18.9 Å². The van der Waals surface area contributed by atoms with Crippen LogP contribution >= 0.6 is 15.9 Å². The van der Waals surface area contributed by atoms with Crippen molar-refractivity contribution in [3.63, 3.8) is 0 Å². The lowest BCUT2D eigenvalue weighted by atomic mass is 10.1. The predicted octanol–water partition coefficient (Wildman–Crippen LogP) is 5.99. The molecule has 0 fully saturated rings. The Morgan fingerprint density at radius 3 is 0.946 bits per heavy atom. The zero-order valence-electron chi connectivity index (χ0n) is 45.0. The van der Waals surface area contributed by atoms with Crippen LogP contribution in [-0.4, -0.2) is 132 Å². The minimum absolute atomic E-state index is 0. The van der Waals surface area contributed by atoms with Crippen molar-refractivity contribution in [3.05, 3.63) is 130 Å². The molecular weight excluding hydrogens is 1100 g/mol. The van der Waals surface area contributed by atoms with Gasteiger partial charge in [-0.05, 0) is 133 Å². The van der Waals surface area contributed by atoms with Crippen molar-refractivity contribution < 1.29 is 59.0 Å². The summed E-state index contributed by atoms with van der Waals surface area (Å²) < 4.78 is 103. The first-order valence-corrected chi connectivity index (χ1v) is 28.9. The fraction of sp³-hybridized carbons (Fsp3) is 0.438. The van der Waals surface area contributed by atoms with E-state index in [4.69, 9.17) is 5.21 Å². The highest BCUT2D eigenvalue weighted by Crippen LogP contribution is 2.17. The van der Waals surface area contributed by atoms with Gasteiger partial charge in [-0.1, -0.05) is 66.1 Å². The topological polar surface area (TPSA) is 324 Å². The van der Waals surface area contributed by atoms with Crippen molar-refractivity contribution in [1.82, 2.24) is 24.0 Å². The number of oxime groups is 1. The van der Waals surface area contributed by atoms with Gasteiger partial charge in [-0.15, -0.1) is 0 Å². The molecule has 4 aromatic carbocycles. The van der Waals surface area contributed by atoms with Crippen LogP contribution in [0.4, 0.5) is 0 Å². The third-order valence-electron chi connectivity index (χ3n) is 9.05. The first-order chi connectivity index (χ1) is 33.1. The number of hydrogen-bond acceptors (Lipinski definition) is 14. The minimum Gasteiger partial charge on any atom is -0.623 e. The molecule has 0 aromatic heterocycles. The first-order valence-electron chi connectivity index (χ1n) is 22.2. The summed E-state index contributed by atoms with van der Waals surface area (Å²) in [5, 5.41) is 45.5. The fourth-order valence-electron chi connectivity index (χ4n) is 4.58. The molecule has 74 heavy (non-hydrogen) atoms. The summed E-state index contributed by atoms with van der Waals surface area (Å²) in [6, 6.07) is 24.7. The number of sulfonamides is 4. The molecule has 0 spiro atoms. The molecule has 21 nitrogen and oxygen atoms in total. The van der Waals surface area contributed by atoms with Gasteiger partial charge in [0.2, 0.25) is 40.1 Å². The molecule has 0 bridgehead atoms. The van der Waals surface area contributed by atoms with Gasteiger partial charge in [0.1, 0.15) is 0 Å². The molecule has 4 rings (SSSR count). The average Bonchev–Trinajstić information content (AvgIpc) is 3.29. The van der Waals surface area contributed by atoms with Crippen molar-refractivity contribution in [2.24, 2.45) is 5.16 Å². The minimum atomic E-state index is -3.43. The van der Waals surface area contributed by atoms with E-state index in [2.05, 4.69) is 60.7 Å². The molecule has 0 atom stereocenters. The third-order valence-corrected chi connectivity index (χ3v) is 14.8. The summed E-state index contributed by atoms with van der Waals surface area (Å²) in [6.07, 6.45) is 4.10. The molecule has 0 amide bonds. The van der Waals surface area contributed by atoms with Crippen LogP contribution in [0.15, 0.2) is 122 Å². The lowest BCUT2D eigenvalue weighted by molar-refractivity contribution is -0.530. The number of hydroxylamine groups is 4. The van der Waals surface area contributed by atoms with Crippen LogP contribution in [0.3, 0.4) is 0 Å². The summed E-state index contributed by atoms with van der Waals surface area (Å²) in [5.41, 5.74) is 1.41. The third kappa shape index (κ3) is 27.2. The average molecular weight is 1180 g/mol. The van der Waals surface area contributed by atoms with Crippen molar-refractivity contribution in [3.8, 4) is 0 Å². The van der Waals surface area contributed by atoms with E-state index in [0.717, 1.165) is 15.0 Å². The summed E-state index contributed by atoms with van der Waals surface area (Å²) in [4.78, 5) is 0.745. The van der Waals surface area contributed by atoms with Crippen LogP contribution in [0, 0.1) is 10.4 Å². The molecule has 8 N–H and O–H groups in total. The van der Waals surface area contributed by atoms with Crippen LogP contribution in [0.2, 0.25) is 0 Å². The monoisotopic (exact) mass is 1180 g/mol. The van der Waals surface area contributed by atoms with Crippen molar-refractivity contribution in [1.29, 1.82) is 0 Å². The molecule has 0 heterocycles. The first kappa shape index (κ1) is 71.4. The molecule has 26 heteroatoms. The normalized spacial score (nSPS) is 12.9. The highest BCUT2D eigenvalue weighted by molar-refractivity contribution is 9.10. The van der Waals surface area contributed by atoms with Gasteiger partial charge in [0.15, 0.2) is 23.5 Å². The zero-order valence-corrected chi connectivity index (χ0v) is 49.8. The summed E-state index contributed by atoms with van der Waals surface area (Å²) in [7, 11) is -8.21. The second kappa shape index (κ2) is 30.1. The summed E-state index contributed by atoms with van der Waals surface area (Å²) in [5.74, 6) is 0. The van der Waals surface area contributed by atoms with Crippen LogP contribution in [0.5, 0.6) is 0 Å². The Balaban J connectivity index is 0. The zero-order chi connectivity index (χ0) is 57.0. The van der Waals surface area contributed by atoms with E-state index in [0.29, 0.717) is 27.6 Å². The Morgan fingerprint density at radius 2 is 0.743 bits per heavy atom. The smallest absolute Gasteiger partial charge is 0.240 e. The molecule has 0 saturated heterocycles. The quantitative estimate of drug-likeness (QED) is 0.0224. The molecule has 0 radical (unpaired) electrons. The highest BCUT2D eigenvalue weighted by Gasteiger charge is 2.21. The van der Waals surface area contributed by atoms with Gasteiger partial charge in [-0.2, -0.15) is 5.06 Å². The van der Waals surface area contributed by atoms with Crippen LogP contribution in [-0.2, 0) is 46.6 Å². The van der Waals surface area contributed by atoms with Gasteiger partial charge in [0.05, 0.1) is 25.8 Å². The molecule has 0 aliphatic rings. The van der Waals surface area contributed by atoms with Gasteiger partial charge < -0.3 is 26.3 Å². The molecule has 0 aliphatic heterocycles. The van der Waals surface area contributed by atoms with E-state index in [9.17, 15) is 49.3 Å². The number of alkyl halides is 1. The predicted molar refractivity (Wildman–Crippen MR) is 297 cm³/mol. The Morgan fingerprint density at radius 1 is 0.514 bits per heavy atom. The summed E-state index contributed by atoms with van der Waals surface area (Å²) in [6.45, 7) is 23.2. The van der Waals surface area contributed by atoms with Gasteiger partial charge in [-0.3, -0.25) is 0 Å².